The number of ether oxygens (including phenoxy) is 1. The van der Waals surface area contributed by atoms with Crippen LogP contribution in [0.25, 0.3) is 0 Å². The second-order valence-electron chi connectivity index (χ2n) is 4.57. The molecule has 0 radical (unpaired) electrons. The van der Waals surface area contributed by atoms with Gasteiger partial charge in [0, 0.05) is 12.6 Å². The summed E-state index contributed by atoms with van der Waals surface area (Å²) in [5, 5.41) is 6.26. The Labute approximate surface area is 90.8 Å². The molecule has 0 spiro atoms. The van der Waals surface area contributed by atoms with Gasteiger partial charge in [0.1, 0.15) is 6.61 Å². The molecule has 4 heteroatoms. The smallest absolute Gasteiger partial charge is 0.246 e. The van der Waals surface area contributed by atoms with Crippen LogP contribution in [0.2, 0.25) is 0 Å². The zero-order valence-electron chi connectivity index (χ0n) is 9.13. The molecule has 0 bridgehead atoms. The number of carbonyl (C=O) groups excluding carboxylic acids is 1. The van der Waals surface area contributed by atoms with Gasteiger partial charge in [-0.2, -0.15) is 0 Å². The van der Waals surface area contributed by atoms with Crippen molar-refractivity contribution in [1.29, 1.82) is 0 Å². The van der Waals surface area contributed by atoms with E-state index < -0.39 is 0 Å². The molecule has 2 fully saturated rings. The van der Waals surface area contributed by atoms with Gasteiger partial charge in [-0.15, -0.1) is 0 Å². The lowest BCUT2D eigenvalue weighted by atomic mass is 10.1. The summed E-state index contributed by atoms with van der Waals surface area (Å²) in [4.78, 5) is 11.4. The van der Waals surface area contributed by atoms with E-state index in [1.165, 1.54) is 12.8 Å². The van der Waals surface area contributed by atoms with Gasteiger partial charge < -0.3 is 15.4 Å². The van der Waals surface area contributed by atoms with Gasteiger partial charge in [0.25, 0.3) is 0 Å². The van der Waals surface area contributed by atoms with Crippen LogP contribution >= 0.6 is 0 Å². The van der Waals surface area contributed by atoms with Crippen molar-refractivity contribution in [3.63, 3.8) is 0 Å². The third-order valence-corrected chi connectivity index (χ3v) is 2.95. The van der Waals surface area contributed by atoms with Crippen molar-refractivity contribution < 1.29 is 9.53 Å². The highest BCUT2D eigenvalue weighted by Gasteiger charge is 2.22. The summed E-state index contributed by atoms with van der Waals surface area (Å²) in [6.07, 6.45) is 4.78. The molecule has 2 aliphatic rings. The van der Waals surface area contributed by atoms with E-state index in [1.54, 1.807) is 0 Å². The molecule has 1 aliphatic heterocycles. The first-order valence-corrected chi connectivity index (χ1v) is 5.92. The molecule has 0 aromatic rings. The van der Waals surface area contributed by atoms with Crippen LogP contribution < -0.4 is 10.6 Å². The summed E-state index contributed by atoms with van der Waals surface area (Å²) >= 11 is 0. The molecular weight excluding hydrogens is 192 g/mol. The standard InChI is InChI=1S/C11H20N2O2/c14-11(8-15-7-9-3-4-9)13-10-2-1-5-12-6-10/h9-10,12H,1-8H2,(H,13,14). The Morgan fingerprint density at radius 1 is 1.40 bits per heavy atom. The van der Waals surface area contributed by atoms with Gasteiger partial charge in [-0.3, -0.25) is 4.79 Å². The first-order chi connectivity index (χ1) is 7.34. The predicted molar refractivity (Wildman–Crippen MR) is 57.6 cm³/mol. The average molecular weight is 212 g/mol. The van der Waals surface area contributed by atoms with E-state index in [4.69, 9.17) is 4.74 Å². The van der Waals surface area contributed by atoms with Crippen molar-refractivity contribution in [3.8, 4) is 0 Å². The van der Waals surface area contributed by atoms with Crippen LogP contribution in [0.1, 0.15) is 25.7 Å². The molecule has 1 heterocycles. The SMILES string of the molecule is O=C(COCC1CC1)NC1CCCNC1. The van der Waals surface area contributed by atoms with Crippen molar-refractivity contribution in [1.82, 2.24) is 10.6 Å². The van der Waals surface area contributed by atoms with E-state index in [9.17, 15) is 4.79 Å². The lowest BCUT2D eigenvalue weighted by Crippen LogP contribution is -2.46. The number of amides is 1. The second kappa shape index (κ2) is 5.47. The third kappa shape index (κ3) is 4.18. The topological polar surface area (TPSA) is 50.4 Å². The fourth-order valence-electron chi connectivity index (χ4n) is 1.85. The van der Waals surface area contributed by atoms with Crippen LogP contribution in [0.5, 0.6) is 0 Å². The molecule has 1 saturated carbocycles. The largest absolute Gasteiger partial charge is 0.371 e. The Kier molecular flexibility index (Phi) is 3.97. The highest BCUT2D eigenvalue weighted by molar-refractivity contribution is 5.77. The van der Waals surface area contributed by atoms with Gasteiger partial charge in [-0.25, -0.2) is 0 Å². The molecule has 1 saturated heterocycles. The molecule has 2 rings (SSSR count). The highest BCUT2D eigenvalue weighted by atomic mass is 16.5. The van der Waals surface area contributed by atoms with Crippen LogP contribution in [0.15, 0.2) is 0 Å². The fourth-order valence-corrected chi connectivity index (χ4v) is 1.85. The van der Waals surface area contributed by atoms with E-state index in [0.29, 0.717) is 6.04 Å². The summed E-state index contributed by atoms with van der Waals surface area (Å²) in [7, 11) is 0. The summed E-state index contributed by atoms with van der Waals surface area (Å²) < 4.78 is 5.33. The first kappa shape index (κ1) is 10.9. The van der Waals surface area contributed by atoms with Crippen LogP contribution in [0, 0.1) is 5.92 Å². The summed E-state index contributed by atoms with van der Waals surface area (Å²) in [5.74, 6) is 0.762. The Hall–Kier alpha value is -0.610. The van der Waals surface area contributed by atoms with Gasteiger partial charge >= 0.3 is 0 Å². The van der Waals surface area contributed by atoms with Crippen molar-refractivity contribution in [2.45, 2.75) is 31.7 Å². The third-order valence-electron chi connectivity index (χ3n) is 2.95. The first-order valence-electron chi connectivity index (χ1n) is 5.92. The number of nitrogens with one attached hydrogen (secondary N) is 2. The predicted octanol–water partition coefficient (Wildman–Crippen LogP) is 0.281. The van der Waals surface area contributed by atoms with Crippen molar-refractivity contribution >= 4 is 5.91 Å². The lowest BCUT2D eigenvalue weighted by Gasteiger charge is -2.23. The van der Waals surface area contributed by atoms with Gasteiger partial charge in [0.2, 0.25) is 5.91 Å². The fraction of sp³-hybridized carbons (Fsp3) is 0.909. The molecule has 15 heavy (non-hydrogen) atoms. The summed E-state index contributed by atoms with van der Waals surface area (Å²) in [6, 6.07) is 0.302. The molecule has 1 atom stereocenters. The molecule has 1 unspecified atom stereocenters. The maximum atomic E-state index is 11.4. The second-order valence-corrected chi connectivity index (χ2v) is 4.57. The van der Waals surface area contributed by atoms with Gasteiger partial charge in [-0.1, -0.05) is 0 Å². The Morgan fingerprint density at radius 3 is 2.93 bits per heavy atom. The number of hydrogen-bond acceptors (Lipinski definition) is 3. The number of hydrogen-bond donors (Lipinski definition) is 2. The number of carbonyl (C=O) groups is 1. The van der Waals surface area contributed by atoms with E-state index in [1.807, 2.05) is 0 Å². The Morgan fingerprint density at radius 2 is 2.27 bits per heavy atom. The summed E-state index contributed by atoms with van der Waals surface area (Å²) in [5.41, 5.74) is 0. The normalized spacial score (nSPS) is 26.3. The van der Waals surface area contributed by atoms with Crippen LogP contribution in [-0.2, 0) is 9.53 Å². The minimum absolute atomic E-state index is 0.0318. The average Bonchev–Trinajstić information content (AvgIpc) is 3.03. The number of rotatable bonds is 5. The molecular formula is C11H20N2O2. The monoisotopic (exact) mass is 212 g/mol. The molecule has 1 aliphatic carbocycles. The van der Waals surface area contributed by atoms with Crippen LogP contribution in [-0.4, -0.2) is 38.3 Å². The van der Waals surface area contributed by atoms with E-state index in [2.05, 4.69) is 10.6 Å². The van der Waals surface area contributed by atoms with Gasteiger partial charge in [-0.05, 0) is 38.1 Å². The maximum absolute atomic E-state index is 11.4. The minimum atomic E-state index is 0.0318. The molecule has 0 aromatic carbocycles. The van der Waals surface area contributed by atoms with Crippen LogP contribution in [0.4, 0.5) is 0 Å². The highest BCUT2D eigenvalue weighted by Crippen LogP contribution is 2.28. The zero-order chi connectivity index (χ0) is 10.5. The molecule has 0 aromatic heterocycles. The Balaban J connectivity index is 1.54. The molecule has 4 nitrogen and oxygen atoms in total. The summed E-state index contributed by atoms with van der Waals surface area (Å²) in [6.45, 7) is 2.96. The maximum Gasteiger partial charge on any atom is 0.246 e. The molecule has 1 amide bonds. The lowest BCUT2D eigenvalue weighted by molar-refractivity contribution is -0.126. The van der Waals surface area contributed by atoms with E-state index >= 15 is 0 Å². The van der Waals surface area contributed by atoms with E-state index in [-0.39, 0.29) is 12.5 Å². The van der Waals surface area contributed by atoms with Crippen molar-refractivity contribution in [3.05, 3.63) is 0 Å². The molecule has 2 N–H and O–H groups in total. The zero-order valence-corrected chi connectivity index (χ0v) is 9.13. The molecule has 86 valence electrons. The van der Waals surface area contributed by atoms with Gasteiger partial charge in [0.15, 0.2) is 0 Å². The van der Waals surface area contributed by atoms with Crippen molar-refractivity contribution in [2.75, 3.05) is 26.3 Å². The number of piperidine rings is 1. The van der Waals surface area contributed by atoms with Gasteiger partial charge in [0.05, 0.1) is 6.61 Å². The Bertz CT molecular complexity index is 211. The van der Waals surface area contributed by atoms with Crippen molar-refractivity contribution in [2.24, 2.45) is 5.92 Å². The van der Waals surface area contributed by atoms with Crippen LogP contribution in [0.3, 0.4) is 0 Å². The quantitative estimate of drug-likeness (QED) is 0.688. The van der Waals surface area contributed by atoms with E-state index in [0.717, 1.165) is 38.5 Å². The minimum Gasteiger partial charge on any atom is -0.371 e.